The van der Waals surface area contributed by atoms with Gasteiger partial charge < -0.3 is 0 Å². The Bertz CT molecular complexity index is 499. The van der Waals surface area contributed by atoms with Crippen LogP contribution in [0.15, 0.2) is 29.2 Å². The van der Waals surface area contributed by atoms with Crippen LogP contribution in [0.2, 0.25) is 0 Å². The molecule has 2 unspecified atom stereocenters. The van der Waals surface area contributed by atoms with E-state index in [1.54, 1.807) is 12.1 Å². The third-order valence-electron chi connectivity index (χ3n) is 3.26. The average Bonchev–Trinajstić information content (AvgIpc) is 2.28. The summed E-state index contributed by atoms with van der Waals surface area (Å²) in [5.74, 6) is 0.626. The van der Waals surface area contributed by atoms with Crippen LogP contribution < -0.4 is 0 Å². The van der Waals surface area contributed by atoms with Crippen molar-refractivity contribution >= 4 is 21.6 Å². The van der Waals surface area contributed by atoms with Gasteiger partial charge in [-0.2, -0.15) is 0 Å². The lowest BCUT2D eigenvalue weighted by Gasteiger charge is -2.24. The molecule has 108 valence electrons. The van der Waals surface area contributed by atoms with Gasteiger partial charge >= 0.3 is 0 Å². The van der Waals surface area contributed by atoms with Crippen molar-refractivity contribution in [1.82, 2.24) is 4.31 Å². The molecule has 0 aromatic heterocycles. The number of alkyl halides is 1. The monoisotopic (exact) mass is 303 g/mol. The van der Waals surface area contributed by atoms with Crippen molar-refractivity contribution in [3.8, 4) is 0 Å². The minimum Gasteiger partial charge on any atom is -0.207 e. The smallest absolute Gasteiger partial charge is 0.207 e. The fourth-order valence-electron chi connectivity index (χ4n) is 2.25. The third kappa shape index (κ3) is 3.71. The Kier molecular flexibility index (Phi) is 5.42. The van der Waals surface area contributed by atoms with Gasteiger partial charge in [-0.3, -0.25) is 0 Å². The number of benzene rings is 1. The highest BCUT2D eigenvalue weighted by molar-refractivity contribution is 7.89. The zero-order chi connectivity index (χ0) is 14.8. The zero-order valence-electron chi connectivity index (χ0n) is 12.1. The van der Waals surface area contributed by atoms with Crippen LogP contribution in [-0.4, -0.2) is 32.2 Å². The second-order valence-corrected chi connectivity index (χ2v) is 8.14. The van der Waals surface area contributed by atoms with E-state index in [1.807, 2.05) is 19.1 Å². The Morgan fingerprint density at radius 1 is 1.05 bits per heavy atom. The topological polar surface area (TPSA) is 37.4 Å². The van der Waals surface area contributed by atoms with Crippen molar-refractivity contribution < 1.29 is 8.42 Å². The van der Waals surface area contributed by atoms with E-state index in [-0.39, 0.29) is 11.3 Å². The Morgan fingerprint density at radius 2 is 1.53 bits per heavy atom. The normalized spacial score (nSPS) is 15.8. The van der Waals surface area contributed by atoms with Gasteiger partial charge in [0.15, 0.2) is 0 Å². The zero-order valence-corrected chi connectivity index (χ0v) is 13.7. The first kappa shape index (κ1) is 16.5. The van der Waals surface area contributed by atoms with Gasteiger partial charge in [-0.25, -0.2) is 12.7 Å². The summed E-state index contributed by atoms with van der Waals surface area (Å²) in [5.41, 5.74) is 1.08. The molecule has 0 spiro atoms. The Labute approximate surface area is 121 Å². The summed E-state index contributed by atoms with van der Waals surface area (Å²) in [7, 11) is -0.302. The molecule has 2 atom stereocenters. The van der Waals surface area contributed by atoms with Crippen LogP contribution in [0.25, 0.3) is 0 Å². The molecule has 0 fully saturated rings. The fraction of sp³-hybridized carbons (Fsp3) is 0.571. The van der Waals surface area contributed by atoms with Crippen molar-refractivity contribution in [1.29, 1.82) is 0 Å². The van der Waals surface area contributed by atoms with E-state index in [1.165, 1.54) is 18.4 Å². The second-order valence-electron chi connectivity index (χ2n) is 5.30. The summed E-state index contributed by atoms with van der Waals surface area (Å²) >= 11 is 6.23. The number of hydrogen-bond acceptors (Lipinski definition) is 2. The first-order chi connectivity index (χ1) is 8.67. The molecule has 0 aliphatic heterocycles. The van der Waals surface area contributed by atoms with Crippen LogP contribution >= 0.6 is 11.6 Å². The number of hydrogen-bond donors (Lipinski definition) is 0. The van der Waals surface area contributed by atoms with E-state index < -0.39 is 10.0 Å². The molecule has 0 aliphatic rings. The summed E-state index contributed by atoms with van der Waals surface area (Å²) < 4.78 is 25.2. The summed E-state index contributed by atoms with van der Waals surface area (Å²) in [5, 5.41) is 0.0105. The number of nitrogens with zero attached hydrogens (tertiary/aromatic N) is 1. The maximum absolute atomic E-state index is 12.0. The van der Waals surface area contributed by atoms with E-state index in [9.17, 15) is 8.42 Å². The molecule has 0 bridgehead atoms. The van der Waals surface area contributed by atoms with Crippen LogP contribution in [0, 0.1) is 5.92 Å². The molecule has 5 heteroatoms. The van der Waals surface area contributed by atoms with Gasteiger partial charge in [-0.05, 0) is 30.5 Å². The fourth-order valence-corrected chi connectivity index (χ4v) is 3.59. The summed E-state index contributed by atoms with van der Waals surface area (Å²) in [4.78, 5) is 0.311. The molecule has 1 aromatic rings. The third-order valence-corrected chi connectivity index (χ3v) is 5.36. The van der Waals surface area contributed by atoms with Gasteiger partial charge in [0.05, 0.1) is 4.90 Å². The highest BCUT2D eigenvalue weighted by Gasteiger charge is 2.22. The van der Waals surface area contributed by atoms with E-state index in [4.69, 9.17) is 11.6 Å². The lowest BCUT2D eigenvalue weighted by atomic mass is 9.86. The van der Waals surface area contributed by atoms with Gasteiger partial charge in [0.2, 0.25) is 10.0 Å². The molecule has 0 aliphatic carbocycles. The van der Waals surface area contributed by atoms with Gasteiger partial charge in [0.25, 0.3) is 0 Å². The Morgan fingerprint density at radius 3 is 1.84 bits per heavy atom. The number of sulfonamides is 1. The van der Waals surface area contributed by atoms with Gasteiger partial charge in [-0.1, -0.05) is 26.0 Å². The highest BCUT2D eigenvalue weighted by atomic mass is 35.5. The molecular formula is C14H22ClNO2S. The standard InChI is InChI=1S/C14H22ClNO2S/c1-10(2)14(11(3)15)12-6-8-13(9-7-12)19(17,18)16(4)5/h6-11,14H,1-5H3. The Balaban J connectivity index is 3.12. The summed E-state index contributed by atoms with van der Waals surface area (Å²) in [6.07, 6.45) is 0. The largest absolute Gasteiger partial charge is 0.242 e. The van der Waals surface area contributed by atoms with Crippen molar-refractivity contribution in [2.75, 3.05) is 14.1 Å². The molecule has 3 nitrogen and oxygen atoms in total. The van der Waals surface area contributed by atoms with Crippen molar-refractivity contribution in [2.24, 2.45) is 5.92 Å². The van der Waals surface area contributed by atoms with E-state index in [0.29, 0.717) is 10.8 Å². The molecule has 1 aromatic carbocycles. The van der Waals surface area contributed by atoms with Gasteiger partial charge in [0.1, 0.15) is 0 Å². The minimum atomic E-state index is -3.36. The molecule has 0 heterocycles. The van der Waals surface area contributed by atoms with E-state index in [0.717, 1.165) is 5.56 Å². The van der Waals surface area contributed by atoms with Crippen molar-refractivity contribution in [3.63, 3.8) is 0 Å². The molecule has 0 saturated heterocycles. The molecule has 0 amide bonds. The maximum atomic E-state index is 12.0. The molecule has 0 radical (unpaired) electrons. The predicted molar refractivity (Wildman–Crippen MR) is 80.2 cm³/mol. The van der Waals surface area contributed by atoms with Crippen LogP contribution in [0.4, 0.5) is 0 Å². The minimum absolute atomic E-state index is 0.0105. The lowest BCUT2D eigenvalue weighted by Crippen LogP contribution is -2.22. The number of halogens is 1. The maximum Gasteiger partial charge on any atom is 0.242 e. The van der Waals surface area contributed by atoms with Crippen LogP contribution in [0.1, 0.15) is 32.3 Å². The van der Waals surface area contributed by atoms with Crippen LogP contribution in [0.3, 0.4) is 0 Å². The quantitative estimate of drug-likeness (QED) is 0.783. The molecule has 1 rings (SSSR count). The highest BCUT2D eigenvalue weighted by Crippen LogP contribution is 2.31. The number of rotatable bonds is 5. The average molecular weight is 304 g/mol. The first-order valence-corrected chi connectivity index (χ1v) is 8.22. The summed E-state index contributed by atoms with van der Waals surface area (Å²) in [6.45, 7) is 6.21. The summed E-state index contributed by atoms with van der Waals surface area (Å²) in [6, 6.07) is 7.03. The predicted octanol–water partition coefficient (Wildman–Crippen LogP) is 3.30. The lowest BCUT2D eigenvalue weighted by molar-refractivity contribution is 0.490. The first-order valence-electron chi connectivity index (χ1n) is 6.34. The second kappa shape index (κ2) is 6.25. The SMILES string of the molecule is CC(C)C(c1ccc(S(=O)(=O)N(C)C)cc1)C(C)Cl. The van der Waals surface area contributed by atoms with Crippen molar-refractivity contribution in [2.45, 2.75) is 37.0 Å². The molecule has 19 heavy (non-hydrogen) atoms. The van der Waals surface area contributed by atoms with E-state index >= 15 is 0 Å². The molecule has 0 N–H and O–H groups in total. The van der Waals surface area contributed by atoms with Crippen molar-refractivity contribution in [3.05, 3.63) is 29.8 Å². The van der Waals surface area contributed by atoms with Gasteiger partial charge in [0, 0.05) is 25.4 Å². The molecular weight excluding hydrogens is 282 g/mol. The van der Waals surface area contributed by atoms with Gasteiger partial charge in [-0.15, -0.1) is 11.6 Å². The Hall–Kier alpha value is -0.580. The van der Waals surface area contributed by atoms with E-state index in [2.05, 4.69) is 13.8 Å². The van der Waals surface area contributed by atoms with Crippen LogP contribution in [-0.2, 0) is 10.0 Å². The molecule has 0 saturated carbocycles. The van der Waals surface area contributed by atoms with Crippen LogP contribution in [0.5, 0.6) is 0 Å².